The molecule has 0 aliphatic rings. The molecular formula is C12H11ClN2O2. The largest absolute Gasteiger partial charge is 0.437 e. The summed E-state index contributed by atoms with van der Waals surface area (Å²) in [7, 11) is 0. The van der Waals surface area contributed by atoms with Crippen LogP contribution < -0.4 is 4.74 Å². The van der Waals surface area contributed by atoms with Gasteiger partial charge in [0, 0.05) is 24.5 Å². The molecule has 4 nitrogen and oxygen atoms in total. The average Bonchev–Trinajstić information content (AvgIpc) is 2.29. The van der Waals surface area contributed by atoms with Crippen LogP contribution in [0.4, 0.5) is 0 Å². The minimum atomic E-state index is -0.538. The maximum Gasteiger partial charge on any atom is 0.219 e. The van der Waals surface area contributed by atoms with Gasteiger partial charge in [-0.25, -0.2) is 4.98 Å². The molecule has 17 heavy (non-hydrogen) atoms. The van der Waals surface area contributed by atoms with Gasteiger partial charge in [0.2, 0.25) is 5.88 Å². The van der Waals surface area contributed by atoms with Crippen LogP contribution in [-0.2, 0) is 0 Å². The third kappa shape index (κ3) is 3.15. The Kier molecular flexibility index (Phi) is 3.56. The van der Waals surface area contributed by atoms with Crippen molar-refractivity contribution in [3.05, 3.63) is 47.4 Å². The van der Waals surface area contributed by atoms with Gasteiger partial charge in [-0.05, 0) is 18.6 Å². The van der Waals surface area contributed by atoms with E-state index in [0.717, 1.165) is 5.56 Å². The molecule has 1 atom stereocenters. The average molecular weight is 251 g/mol. The Labute approximate surface area is 104 Å². The number of hydrogen-bond acceptors (Lipinski definition) is 4. The van der Waals surface area contributed by atoms with E-state index in [0.29, 0.717) is 16.7 Å². The van der Waals surface area contributed by atoms with Crippen LogP contribution >= 0.6 is 11.6 Å². The van der Waals surface area contributed by atoms with Crippen molar-refractivity contribution in [3.8, 4) is 11.6 Å². The van der Waals surface area contributed by atoms with Crippen LogP contribution in [-0.4, -0.2) is 15.1 Å². The fourth-order valence-electron chi connectivity index (χ4n) is 1.27. The number of aromatic nitrogens is 2. The standard InChI is InChI=1S/C12H11ClN2O2/c1-8(16)9-2-3-12(15-5-9)17-11-4-10(13)6-14-7-11/h2-8,16H,1H3. The highest BCUT2D eigenvalue weighted by Gasteiger charge is 2.03. The molecule has 0 radical (unpaired) electrons. The molecule has 0 aliphatic carbocycles. The predicted octanol–water partition coefficient (Wildman–Crippen LogP) is 2.98. The molecule has 0 spiro atoms. The molecule has 0 aliphatic heterocycles. The first-order valence-electron chi connectivity index (χ1n) is 5.07. The van der Waals surface area contributed by atoms with E-state index in [2.05, 4.69) is 9.97 Å². The van der Waals surface area contributed by atoms with E-state index in [1.807, 2.05) is 0 Å². The number of pyridine rings is 2. The zero-order valence-corrected chi connectivity index (χ0v) is 9.93. The highest BCUT2D eigenvalue weighted by atomic mass is 35.5. The van der Waals surface area contributed by atoms with Crippen molar-refractivity contribution in [2.45, 2.75) is 13.0 Å². The van der Waals surface area contributed by atoms with Crippen LogP contribution in [0.25, 0.3) is 0 Å². The first-order chi connectivity index (χ1) is 8.15. The van der Waals surface area contributed by atoms with Crippen molar-refractivity contribution in [1.82, 2.24) is 9.97 Å². The number of aliphatic hydroxyl groups is 1. The predicted molar refractivity (Wildman–Crippen MR) is 64.2 cm³/mol. The molecule has 0 saturated carbocycles. The normalized spacial score (nSPS) is 12.2. The Balaban J connectivity index is 2.14. The van der Waals surface area contributed by atoms with E-state index in [9.17, 15) is 5.11 Å². The van der Waals surface area contributed by atoms with E-state index in [-0.39, 0.29) is 0 Å². The summed E-state index contributed by atoms with van der Waals surface area (Å²) in [5.74, 6) is 0.952. The van der Waals surface area contributed by atoms with Gasteiger partial charge in [0.15, 0.2) is 0 Å². The van der Waals surface area contributed by atoms with Gasteiger partial charge in [0.05, 0.1) is 17.3 Å². The van der Waals surface area contributed by atoms with Crippen LogP contribution in [0.1, 0.15) is 18.6 Å². The van der Waals surface area contributed by atoms with Crippen molar-refractivity contribution in [2.24, 2.45) is 0 Å². The van der Waals surface area contributed by atoms with E-state index >= 15 is 0 Å². The number of aliphatic hydroxyl groups excluding tert-OH is 1. The van der Waals surface area contributed by atoms with Gasteiger partial charge in [-0.15, -0.1) is 0 Å². The number of ether oxygens (including phenoxy) is 1. The lowest BCUT2D eigenvalue weighted by Crippen LogP contribution is -1.93. The molecule has 2 aromatic rings. The van der Waals surface area contributed by atoms with Crippen molar-refractivity contribution in [2.75, 3.05) is 0 Å². The zero-order chi connectivity index (χ0) is 12.3. The number of rotatable bonds is 3. The van der Waals surface area contributed by atoms with E-state index in [1.165, 1.54) is 6.20 Å². The van der Waals surface area contributed by atoms with Crippen molar-refractivity contribution < 1.29 is 9.84 Å². The van der Waals surface area contributed by atoms with Crippen molar-refractivity contribution >= 4 is 11.6 Å². The van der Waals surface area contributed by atoms with Crippen LogP contribution in [0.5, 0.6) is 11.6 Å². The second-order valence-corrected chi connectivity index (χ2v) is 3.98. The summed E-state index contributed by atoms with van der Waals surface area (Å²) >= 11 is 5.78. The molecule has 1 unspecified atom stereocenters. The Morgan fingerprint density at radius 2 is 2.12 bits per heavy atom. The third-order valence-corrected chi connectivity index (χ3v) is 2.35. The first-order valence-corrected chi connectivity index (χ1v) is 5.45. The summed E-state index contributed by atoms with van der Waals surface area (Å²) in [6.07, 6.45) is 4.11. The van der Waals surface area contributed by atoms with Gasteiger partial charge in [-0.3, -0.25) is 4.98 Å². The molecule has 0 amide bonds. The van der Waals surface area contributed by atoms with Crippen LogP contribution in [0.3, 0.4) is 0 Å². The first kappa shape index (κ1) is 11.8. The number of hydrogen-bond donors (Lipinski definition) is 1. The Bertz CT molecular complexity index is 500. The maximum atomic E-state index is 9.33. The molecular weight excluding hydrogens is 240 g/mol. The summed E-state index contributed by atoms with van der Waals surface area (Å²) < 4.78 is 5.45. The van der Waals surface area contributed by atoms with Crippen LogP contribution in [0.2, 0.25) is 5.02 Å². The van der Waals surface area contributed by atoms with Gasteiger partial charge in [0.1, 0.15) is 5.75 Å². The second kappa shape index (κ2) is 5.12. The minimum Gasteiger partial charge on any atom is -0.437 e. The van der Waals surface area contributed by atoms with Gasteiger partial charge in [-0.2, -0.15) is 0 Å². The smallest absolute Gasteiger partial charge is 0.219 e. The molecule has 0 aromatic carbocycles. The molecule has 0 saturated heterocycles. The third-order valence-electron chi connectivity index (χ3n) is 2.14. The molecule has 1 N–H and O–H groups in total. The Hall–Kier alpha value is -1.65. The topological polar surface area (TPSA) is 55.2 Å². The summed E-state index contributed by atoms with van der Waals surface area (Å²) in [6.45, 7) is 1.68. The van der Waals surface area contributed by atoms with Gasteiger partial charge < -0.3 is 9.84 Å². The van der Waals surface area contributed by atoms with Gasteiger partial charge in [-0.1, -0.05) is 11.6 Å². The van der Waals surface area contributed by atoms with Crippen LogP contribution in [0.15, 0.2) is 36.8 Å². The quantitative estimate of drug-likeness (QED) is 0.910. The fourth-order valence-corrected chi connectivity index (χ4v) is 1.43. The Morgan fingerprint density at radius 1 is 1.29 bits per heavy atom. The van der Waals surface area contributed by atoms with Gasteiger partial charge in [0.25, 0.3) is 0 Å². The molecule has 2 rings (SSSR count). The molecule has 0 fully saturated rings. The molecule has 5 heteroatoms. The molecule has 88 valence electrons. The number of halogens is 1. The summed E-state index contributed by atoms with van der Waals surface area (Å²) in [6, 6.07) is 5.09. The summed E-state index contributed by atoms with van der Waals surface area (Å²) in [5.41, 5.74) is 0.738. The number of nitrogens with zero attached hydrogens (tertiary/aromatic N) is 2. The van der Waals surface area contributed by atoms with E-state index < -0.39 is 6.10 Å². The molecule has 0 bridgehead atoms. The maximum absolute atomic E-state index is 9.33. The zero-order valence-electron chi connectivity index (χ0n) is 9.17. The lowest BCUT2D eigenvalue weighted by Gasteiger charge is -2.06. The summed E-state index contributed by atoms with van der Waals surface area (Å²) in [4.78, 5) is 7.97. The second-order valence-electron chi connectivity index (χ2n) is 3.55. The summed E-state index contributed by atoms with van der Waals surface area (Å²) in [5, 5.41) is 9.84. The highest BCUT2D eigenvalue weighted by Crippen LogP contribution is 2.22. The molecule has 2 aromatic heterocycles. The molecule has 2 heterocycles. The monoisotopic (exact) mass is 250 g/mol. The van der Waals surface area contributed by atoms with E-state index in [4.69, 9.17) is 16.3 Å². The minimum absolute atomic E-state index is 0.429. The van der Waals surface area contributed by atoms with Crippen LogP contribution in [0, 0.1) is 0 Å². The van der Waals surface area contributed by atoms with Crippen molar-refractivity contribution in [3.63, 3.8) is 0 Å². The highest BCUT2D eigenvalue weighted by molar-refractivity contribution is 6.30. The van der Waals surface area contributed by atoms with Crippen molar-refractivity contribution in [1.29, 1.82) is 0 Å². The van der Waals surface area contributed by atoms with Gasteiger partial charge >= 0.3 is 0 Å². The fraction of sp³-hybridized carbons (Fsp3) is 0.167. The SMILES string of the molecule is CC(O)c1ccc(Oc2cncc(Cl)c2)nc1. The Morgan fingerprint density at radius 3 is 2.71 bits per heavy atom. The lowest BCUT2D eigenvalue weighted by atomic mass is 10.2. The van der Waals surface area contributed by atoms with E-state index in [1.54, 1.807) is 37.5 Å². The lowest BCUT2D eigenvalue weighted by molar-refractivity contribution is 0.198.